The number of carbonyl (C=O) groups is 1. The molecule has 110 valence electrons. The number of hydrogen-bond acceptors (Lipinski definition) is 2. The molecular weight excluding hydrogens is 305 g/mol. The monoisotopic (exact) mass is 314 g/mol. The van der Waals surface area contributed by atoms with E-state index in [1.807, 2.05) is 0 Å². The summed E-state index contributed by atoms with van der Waals surface area (Å²) in [5.41, 5.74) is 0.415. The molecule has 0 radical (unpaired) electrons. The summed E-state index contributed by atoms with van der Waals surface area (Å²) in [5.74, 6) is -1.72. The van der Waals surface area contributed by atoms with Crippen molar-refractivity contribution in [1.82, 2.24) is 0 Å². The molecule has 21 heavy (non-hydrogen) atoms. The minimum Gasteiger partial charge on any atom is -0.495 e. The first-order valence-corrected chi connectivity index (χ1v) is 6.27. The highest BCUT2D eigenvalue weighted by Gasteiger charge is 2.39. The van der Waals surface area contributed by atoms with Gasteiger partial charge in [0.25, 0.3) is 5.78 Å². The predicted molar refractivity (Wildman–Crippen MR) is 73.8 cm³/mol. The van der Waals surface area contributed by atoms with E-state index in [2.05, 4.69) is 0 Å². The van der Waals surface area contributed by atoms with E-state index < -0.39 is 17.5 Å². The summed E-state index contributed by atoms with van der Waals surface area (Å²) in [7, 11) is 1.36. The highest BCUT2D eigenvalue weighted by Crippen LogP contribution is 2.38. The Morgan fingerprint density at radius 3 is 2.29 bits per heavy atom. The Bertz CT molecular complexity index is 667. The van der Waals surface area contributed by atoms with E-state index in [0.29, 0.717) is 11.1 Å². The second-order valence-corrected chi connectivity index (χ2v) is 4.64. The lowest BCUT2D eigenvalue weighted by molar-refractivity contribution is -0.0885. The van der Waals surface area contributed by atoms with Crippen molar-refractivity contribution in [2.75, 3.05) is 7.11 Å². The highest BCUT2D eigenvalue weighted by molar-refractivity contribution is 6.33. The Kier molecular flexibility index (Phi) is 4.23. The molecule has 0 heterocycles. The van der Waals surface area contributed by atoms with Crippen LogP contribution in [0.4, 0.5) is 13.2 Å². The van der Waals surface area contributed by atoms with Gasteiger partial charge in [0, 0.05) is 11.1 Å². The predicted octanol–water partition coefficient (Wildman–Crippen LogP) is 4.76. The fourth-order valence-electron chi connectivity index (χ4n) is 1.93. The van der Waals surface area contributed by atoms with Crippen LogP contribution in [0.2, 0.25) is 5.02 Å². The quantitative estimate of drug-likeness (QED) is 0.763. The Hall–Kier alpha value is -2.01. The van der Waals surface area contributed by atoms with E-state index in [1.165, 1.54) is 7.11 Å². The number of methoxy groups -OCH3 is 1. The van der Waals surface area contributed by atoms with Crippen molar-refractivity contribution in [3.8, 4) is 16.9 Å². The number of benzene rings is 2. The van der Waals surface area contributed by atoms with Gasteiger partial charge in [-0.25, -0.2) is 0 Å². The van der Waals surface area contributed by atoms with Gasteiger partial charge in [0.1, 0.15) is 5.75 Å². The van der Waals surface area contributed by atoms with Crippen molar-refractivity contribution in [1.29, 1.82) is 0 Å². The van der Waals surface area contributed by atoms with E-state index in [4.69, 9.17) is 16.3 Å². The Balaban J connectivity index is 2.64. The minimum absolute atomic E-state index is 0.0496. The van der Waals surface area contributed by atoms with Crippen molar-refractivity contribution < 1.29 is 22.7 Å². The molecule has 6 heteroatoms. The molecule has 0 saturated carbocycles. The van der Waals surface area contributed by atoms with E-state index in [1.54, 1.807) is 30.3 Å². The first kappa shape index (κ1) is 15.4. The topological polar surface area (TPSA) is 26.3 Å². The molecule has 0 spiro atoms. The van der Waals surface area contributed by atoms with Crippen molar-refractivity contribution in [2.24, 2.45) is 0 Å². The first-order valence-electron chi connectivity index (χ1n) is 5.89. The summed E-state index contributed by atoms with van der Waals surface area (Å²) in [5, 5.41) is -0.0496. The number of ether oxygens (including phenoxy) is 1. The first-order chi connectivity index (χ1) is 9.84. The van der Waals surface area contributed by atoms with E-state index in [-0.39, 0.29) is 10.8 Å². The standard InChI is InChI=1S/C15H10ClF3O2/c1-21-13-11(9-5-3-2-4-6-9)7-10(8-12(13)16)14(20)15(17,18)19/h2-8H,1H3. The zero-order valence-corrected chi connectivity index (χ0v) is 11.6. The molecule has 0 aliphatic carbocycles. The van der Waals surface area contributed by atoms with Crippen molar-refractivity contribution in [3.05, 3.63) is 53.1 Å². The van der Waals surface area contributed by atoms with E-state index in [0.717, 1.165) is 12.1 Å². The molecule has 0 aliphatic heterocycles. The number of halogens is 4. The zero-order chi connectivity index (χ0) is 15.6. The molecule has 0 unspecified atom stereocenters. The Morgan fingerprint density at radius 2 is 1.76 bits per heavy atom. The van der Waals surface area contributed by atoms with Gasteiger partial charge in [-0.2, -0.15) is 13.2 Å². The van der Waals surface area contributed by atoms with Gasteiger partial charge in [0.2, 0.25) is 0 Å². The molecule has 0 N–H and O–H groups in total. The van der Waals surface area contributed by atoms with Gasteiger partial charge in [-0.05, 0) is 17.7 Å². The van der Waals surface area contributed by atoms with Crippen LogP contribution in [0.5, 0.6) is 5.75 Å². The maximum absolute atomic E-state index is 12.6. The summed E-state index contributed by atoms with van der Waals surface area (Å²) >= 11 is 5.93. The summed E-state index contributed by atoms with van der Waals surface area (Å²) in [6.07, 6.45) is -4.95. The third kappa shape index (κ3) is 3.19. The number of ketones is 1. The molecule has 0 aliphatic rings. The molecule has 2 nitrogen and oxygen atoms in total. The van der Waals surface area contributed by atoms with Crippen LogP contribution in [0.25, 0.3) is 11.1 Å². The fraction of sp³-hybridized carbons (Fsp3) is 0.133. The van der Waals surface area contributed by atoms with Crippen LogP contribution in [0.3, 0.4) is 0 Å². The van der Waals surface area contributed by atoms with Crippen LogP contribution in [0.1, 0.15) is 10.4 Å². The van der Waals surface area contributed by atoms with Gasteiger partial charge < -0.3 is 4.74 Å². The number of alkyl halides is 3. The average molecular weight is 315 g/mol. The molecule has 2 aromatic carbocycles. The van der Waals surface area contributed by atoms with Gasteiger partial charge in [-0.1, -0.05) is 41.9 Å². The number of rotatable bonds is 3. The van der Waals surface area contributed by atoms with Crippen LogP contribution in [-0.4, -0.2) is 19.1 Å². The average Bonchev–Trinajstić information content (AvgIpc) is 2.45. The highest BCUT2D eigenvalue weighted by atomic mass is 35.5. The largest absolute Gasteiger partial charge is 0.495 e. The lowest BCUT2D eigenvalue weighted by Crippen LogP contribution is -2.22. The third-order valence-corrected chi connectivity index (χ3v) is 3.13. The lowest BCUT2D eigenvalue weighted by Gasteiger charge is -2.13. The normalized spacial score (nSPS) is 11.3. The maximum atomic E-state index is 12.6. The number of Topliss-reactive ketones (excluding diaryl/α,β-unsaturated/α-hetero) is 1. The summed E-state index contributed by atoms with van der Waals surface area (Å²) in [6, 6.07) is 10.7. The number of hydrogen-bond donors (Lipinski definition) is 0. The molecular formula is C15H10ClF3O2. The van der Waals surface area contributed by atoms with Crippen LogP contribution in [-0.2, 0) is 0 Å². The zero-order valence-electron chi connectivity index (χ0n) is 10.9. The second-order valence-electron chi connectivity index (χ2n) is 4.23. The Labute approximate surface area is 124 Å². The van der Waals surface area contributed by atoms with Gasteiger partial charge >= 0.3 is 6.18 Å². The molecule has 0 atom stereocenters. The van der Waals surface area contributed by atoms with E-state index in [9.17, 15) is 18.0 Å². The van der Waals surface area contributed by atoms with Crippen LogP contribution < -0.4 is 4.74 Å². The maximum Gasteiger partial charge on any atom is 0.454 e. The molecule has 0 aromatic heterocycles. The van der Waals surface area contributed by atoms with Gasteiger partial charge in [-0.3, -0.25) is 4.79 Å². The van der Waals surface area contributed by atoms with Gasteiger partial charge in [-0.15, -0.1) is 0 Å². The lowest BCUT2D eigenvalue weighted by atomic mass is 10.00. The second kappa shape index (κ2) is 5.77. The van der Waals surface area contributed by atoms with Crippen molar-refractivity contribution >= 4 is 17.4 Å². The SMILES string of the molecule is COc1c(Cl)cc(C(=O)C(F)(F)F)cc1-c1ccccc1. The van der Waals surface area contributed by atoms with Crippen molar-refractivity contribution in [3.63, 3.8) is 0 Å². The minimum atomic E-state index is -4.95. The summed E-state index contributed by atoms with van der Waals surface area (Å²) < 4.78 is 42.8. The summed E-state index contributed by atoms with van der Waals surface area (Å²) in [4.78, 5) is 11.4. The van der Waals surface area contributed by atoms with Crippen LogP contribution >= 0.6 is 11.6 Å². The third-order valence-electron chi connectivity index (χ3n) is 2.85. The molecule has 0 saturated heterocycles. The molecule has 0 amide bonds. The summed E-state index contributed by atoms with van der Waals surface area (Å²) in [6.45, 7) is 0. The van der Waals surface area contributed by atoms with Crippen molar-refractivity contribution in [2.45, 2.75) is 6.18 Å². The molecule has 0 bridgehead atoms. The van der Waals surface area contributed by atoms with Crippen LogP contribution in [0.15, 0.2) is 42.5 Å². The van der Waals surface area contributed by atoms with Crippen LogP contribution in [0, 0.1) is 0 Å². The van der Waals surface area contributed by atoms with Gasteiger partial charge in [0.15, 0.2) is 0 Å². The molecule has 0 fully saturated rings. The fourth-order valence-corrected chi connectivity index (χ4v) is 2.22. The smallest absolute Gasteiger partial charge is 0.454 e. The number of carbonyl (C=O) groups excluding carboxylic acids is 1. The Morgan fingerprint density at radius 1 is 1.14 bits per heavy atom. The van der Waals surface area contributed by atoms with Gasteiger partial charge in [0.05, 0.1) is 12.1 Å². The van der Waals surface area contributed by atoms with E-state index >= 15 is 0 Å². The molecule has 2 rings (SSSR count). The molecule has 2 aromatic rings.